The topological polar surface area (TPSA) is 67.3 Å². The van der Waals surface area contributed by atoms with E-state index in [4.69, 9.17) is 0 Å². The van der Waals surface area contributed by atoms with Crippen molar-refractivity contribution in [3.8, 4) is 22.3 Å². The number of benzene rings is 5. The zero-order valence-electron chi connectivity index (χ0n) is 29.3. The lowest BCUT2D eigenvalue weighted by atomic mass is 9.63. The van der Waals surface area contributed by atoms with Gasteiger partial charge in [-0.2, -0.15) is 0 Å². The summed E-state index contributed by atoms with van der Waals surface area (Å²) >= 11 is 0. The van der Waals surface area contributed by atoms with Crippen molar-refractivity contribution in [3.63, 3.8) is 0 Å². The summed E-state index contributed by atoms with van der Waals surface area (Å²) in [6.07, 6.45) is 13.8. The number of carbonyl (C=O) groups excluding carboxylic acids is 1. The van der Waals surface area contributed by atoms with Crippen LogP contribution in [0.3, 0.4) is 0 Å². The van der Waals surface area contributed by atoms with Crippen molar-refractivity contribution in [3.05, 3.63) is 161 Å². The Morgan fingerprint density at radius 3 is 2.24 bits per heavy atom. The Balaban J connectivity index is 1.34. The first-order valence-corrected chi connectivity index (χ1v) is 17.5. The second-order valence-corrected chi connectivity index (χ2v) is 15.3. The number of hydrogen-bond donors (Lipinski definition) is 1. The van der Waals surface area contributed by atoms with Crippen LogP contribution in [0.4, 0.5) is 0 Å². The zero-order valence-corrected chi connectivity index (χ0v) is 29.3. The van der Waals surface area contributed by atoms with Gasteiger partial charge in [0.15, 0.2) is 5.78 Å². The molecule has 4 heteroatoms. The number of hydrogen-bond acceptors (Lipinski definition) is 3. The van der Waals surface area contributed by atoms with Gasteiger partial charge in [-0.3, -0.25) is 9.78 Å². The van der Waals surface area contributed by atoms with Crippen molar-refractivity contribution in [1.82, 2.24) is 4.98 Å². The lowest BCUT2D eigenvalue weighted by Gasteiger charge is -2.40. The number of aromatic carboxylic acids is 1. The Kier molecular flexibility index (Phi) is 7.72. The first-order chi connectivity index (χ1) is 24.5. The van der Waals surface area contributed by atoms with E-state index >= 15 is 0 Å². The predicted octanol–water partition coefficient (Wildman–Crippen LogP) is 11.7. The Hall–Kier alpha value is -5.87. The number of nitrogens with zero attached hydrogens (tertiary/aromatic N) is 1. The molecule has 51 heavy (non-hydrogen) atoms. The summed E-state index contributed by atoms with van der Waals surface area (Å²) in [5.41, 5.74) is 11.3. The van der Waals surface area contributed by atoms with Crippen molar-refractivity contribution in [2.24, 2.45) is 5.41 Å². The van der Waals surface area contributed by atoms with Crippen LogP contribution in [0.5, 0.6) is 0 Å². The highest BCUT2D eigenvalue weighted by atomic mass is 16.4. The van der Waals surface area contributed by atoms with Crippen molar-refractivity contribution in [1.29, 1.82) is 0 Å². The summed E-state index contributed by atoms with van der Waals surface area (Å²) in [7, 11) is 0. The fraction of sp³-hybridized carbons (Fsp3) is 0.170. The summed E-state index contributed by atoms with van der Waals surface area (Å²) in [6, 6.07) is 31.9. The molecule has 250 valence electrons. The van der Waals surface area contributed by atoms with Crippen molar-refractivity contribution < 1.29 is 14.7 Å². The van der Waals surface area contributed by atoms with Gasteiger partial charge in [0.05, 0.1) is 5.56 Å². The summed E-state index contributed by atoms with van der Waals surface area (Å²) < 4.78 is 0. The van der Waals surface area contributed by atoms with Gasteiger partial charge < -0.3 is 5.11 Å². The van der Waals surface area contributed by atoms with Crippen LogP contribution in [0.25, 0.3) is 55.4 Å². The maximum absolute atomic E-state index is 14.3. The molecule has 0 unspecified atom stereocenters. The first-order valence-electron chi connectivity index (χ1n) is 17.5. The Bertz CT molecular complexity index is 2500. The largest absolute Gasteiger partial charge is 0.478 e. The molecule has 0 radical (unpaired) electrons. The molecule has 0 spiro atoms. The summed E-state index contributed by atoms with van der Waals surface area (Å²) in [6.45, 7) is 9.40. The number of carbonyl (C=O) groups is 2. The van der Waals surface area contributed by atoms with Crippen LogP contribution in [0.1, 0.15) is 77.9 Å². The maximum Gasteiger partial charge on any atom is 0.335 e. The van der Waals surface area contributed by atoms with E-state index in [2.05, 4.69) is 93.4 Å². The van der Waals surface area contributed by atoms with Gasteiger partial charge in [0, 0.05) is 18.0 Å². The average molecular weight is 666 g/mol. The minimum absolute atomic E-state index is 0.0875. The van der Waals surface area contributed by atoms with Gasteiger partial charge in [-0.25, -0.2) is 4.79 Å². The first kappa shape index (κ1) is 32.3. The van der Waals surface area contributed by atoms with E-state index in [1.165, 1.54) is 27.7 Å². The maximum atomic E-state index is 14.3. The molecule has 1 heterocycles. The molecule has 0 amide bonds. The van der Waals surface area contributed by atoms with Crippen LogP contribution in [0, 0.1) is 5.41 Å². The molecule has 0 saturated carbocycles. The average Bonchev–Trinajstić information content (AvgIpc) is 3.12. The van der Waals surface area contributed by atoms with E-state index in [-0.39, 0.29) is 22.2 Å². The molecule has 0 aliphatic heterocycles. The molecule has 4 nitrogen and oxygen atoms in total. The highest BCUT2D eigenvalue weighted by Gasteiger charge is 2.37. The van der Waals surface area contributed by atoms with Crippen molar-refractivity contribution in [2.45, 2.75) is 46.0 Å². The SMILES string of the molecule is CC1(C)C=CC2=C(C1)CC(C)(C)c1c2ccc2cc(-c3ccc4ccccc4c3C(=O)/C=C/c3ccc(C(=O)O)cc3)cc(-c3ccncc3)c12. The Morgan fingerprint density at radius 1 is 0.745 bits per heavy atom. The molecule has 6 aromatic rings. The number of pyridine rings is 1. The molecular formula is C47H39NO3. The molecule has 0 atom stereocenters. The molecule has 1 aromatic heterocycles. The number of carboxylic acid groups (broad SMARTS) is 1. The van der Waals surface area contributed by atoms with E-state index in [1.54, 1.807) is 36.4 Å². The third kappa shape index (κ3) is 5.81. The molecule has 1 N–H and O–H groups in total. The van der Waals surface area contributed by atoms with Crippen LogP contribution in [-0.4, -0.2) is 21.8 Å². The molecule has 2 aliphatic carbocycles. The van der Waals surface area contributed by atoms with Crippen molar-refractivity contribution in [2.75, 3.05) is 0 Å². The lowest BCUT2D eigenvalue weighted by Crippen LogP contribution is -2.28. The van der Waals surface area contributed by atoms with E-state index in [0.29, 0.717) is 5.56 Å². The van der Waals surface area contributed by atoms with Gasteiger partial charge in [-0.15, -0.1) is 0 Å². The molecule has 0 bridgehead atoms. The lowest BCUT2D eigenvalue weighted by molar-refractivity contribution is 0.0696. The summed E-state index contributed by atoms with van der Waals surface area (Å²) in [4.78, 5) is 30.0. The zero-order chi connectivity index (χ0) is 35.5. The highest BCUT2D eigenvalue weighted by molar-refractivity contribution is 6.19. The summed E-state index contributed by atoms with van der Waals surface area (Å²) in [5, 5.41) is 13.6. The van der Waals surface area contributed by atoms with Gasteiger partial charge in [0.2, 0.25) is 0 Å². The van der Waals surface area contributed by atoms with Crippen LogP contribution in [-0.2, 0) is 5.41 Å². The number of aromatic nitrogens is 1. The quantitative estimate of drug-likeness (QED) is 0.142. The second-order valence-electron chi connectivity index (χ2n) is 15.3. The molecular weight excluding hydrogens is 627 g/mol. The van der Waals surface area contributed by atoms with Crippen molar-refractivity contribution >= 4 is 44.9 Å². The Labute approximate surface area is 298 Å². The van der Waals surface area contributed by atoms with Gasteiger partial charge in [0.1, 0.15) is 0 Å². The van der Waals surface area contributed by atoms with E-state index in [9.17, 15) is 14.7 Å². The van der Waals surface area contributed by atoms with E-state index < -0.39 is 5.97 Å². The molecule has 2 aliphatic rings. The third-order valence-electron chi connectivity index (χ3n) is 10.6. The van der Waals surface area contributed by atoms with Crippen LogP contribution < -0.4 is 0 Å². The van der Waals surface area contributed by atoms with E-state index in [1.807, 2.05) is 36.7 Å². The number of allylic oxidation sites excluding steroid dienone is 5. The van der Waals surface area contributed by atoms with E-state index in [0.717, 1.165) is 56.8 Å². The van der Waals surface area contributed by atoms with Gasteiger partial charge in [0.25, 0.3) is 0 Å². The second kappa shape index (κ2) is 12.2. The number of carboxylic acids is 1. The highest BCUT2D eigenvalue weighted by Crippen LogP contribution is 2.53. The van der Waals surface area contributed by atoms with Gasteiger partial charge in [-0.1, -0.05) is 112 Å². The molecule has 0 fully saturated rings. The van der Waals surface area contributed by atoms with Gasteiger partial charge >= 0.3 is 5.97 Å². The fourth-order valence-electron chi connectivity index (χ4n) is 8.27. The van der Waals surface area contributed by atoms with Crippen LogP contribution in [0.15, 0.2) is 133 Å². The van der Waals surface area contributed by atoms with Crippen LogP contribution >= 0.6 is 0 Å². The molecule has 0 saturated heterocycles. The summed E-state index contributed by atoms with van der Waals surface area (Å²) in [5.74, 6) is -1.10. The minimum atomic E-state index is -0.982. The Morgan fingerprint density at radius 2 is 1.47 bits per heavy atom. The monoisotopic (exact) mass is 665 g/mol. The smallest absolute Gasteiger partial charge is 0.335 e. The van der Waals surface area contributed by atoms with Gasteiger partial charge in [-0.05, 0) is 132 Å². The number of ketones is 1. The van der Waals surface area contributed by atoms with Crippen LogP contribution in [0.2, 0.25) is 0 Å². The predicted molar refractivity (Wildman–Crippen MR) is 209 cm³/mol. The normalized spacial score (nSPS) is 16.0. The molecule has 5 aromatic carbocycles. The molecule has 8 rings (SSSR count). The fourth-order valence-corrected chi connectivity index (χ4v) is 8.27. The standard InChI is InChI=1S/C47H39NO3/c1-46(2)22-19-36-35(27-46)28-47(3,4)44-39(36)17-15-33-25-34(26-40(42(33)44)31-20-23-48-24-21-31)38-16-14-30-7-5-6-8-37(30)43(38)41(49)18-11-29-9-12-32(13-10-29)45(50)51/h5-26H,27-28H2,1-4H3,(H,50,51)/b18-11+. The minimum Gasteiger partial charge on any atom is -0.478 e. The third-order valence-corrected chi connectivity index (χ3v) is 10.6. The number of fused-ring (bicyclic) bond motifs is 5. The number of rotatable bonds is 6.